The predicted octanol–water partition coefficient (Wildman–Crippen LogP) is 4.44. The summed E-state index contributed by atoms with van der Waals surface area (Å²) in [7, 11) is 0. The summed E-state index contributed by atoms with van der Waals surface area (Å²) >= 11 is 1.67. The Bertz CT molecular complexity index is 1340. The lowest BCUT2D eigenvalue weighted by molar-refractivity contribution is -0.135. The molecule has 39 heavy (non-hydrogen) atoms. The molecule has 0 bridgehead atoms. The molecule has 204 valence electrons. The van der Waals surface area contributed by atoms with E-state index < -0.39 is 0 Å². The van der Waals surface area contributed by atoms with Gasteiger partial charge in [0.05, 0.1) is 12.1 Å². The smallest absolute Gasteiger partial charge is 0.254 e. The zero-order valence-corrected chi connectivity index (χ0v) is 22.2. The van der Waals surface area contributed by atoms with Gasteiger partial charge in [0.1, 0.15) is 24.7 Å². The zero-order valence-electron chi connectivity index (χ0n) is 21.3. The summed E-state index contributed by atoms with van der Waals surface area (Å²) in [5.41, 5.74) is 1.48. The molecule has 3 aromatic rings. The Balaban J connectivity index is 1.21. The van der Waals surface area contributed by atoms with Gasteiger partial charge in [-0.05, 0) is 78.7 Å². The van der Waals surface area contributed by atoms with Gasteiger partial charge in [-0.15, -0.1) is 11.3 Å². The van der Waals surface area contributed by atoms with Gasteiger partial charge in [0.2, 0.25) is 12.7 Å². The van der Waals surface area contributed by atoms with Crippen LogP contribution in [0.1, 0.15) is 39.7 Å². The maximum atomic E-state index is 13.8. The molecular formula is C29H29FN2O6S. The number of carbonyl (C=O) groups is 2. The van der Waals surface area contributed by atoms with Crippen molar-refractivity contribution in [2.45, 2.75) is 31.4 Å². The molecule has 2 amide bonds. The number of hydrogen-bond donors (Lipinski definition) is 0. The van der Waals surface area contributed by atoms with Crippen LogP contribution in [0.15, 0.2) is 53.9 Å². The van der Waals surface area contributed by atoms with Crippen LogP contribution in [0.3, 0.4) is 0 Å². The first-order valence-corrected chi connectivity index (χ1v) is 14.0. The van der Waals surface area contributed by atoms with Gasteiger partial charge in [-0.1, -0.05) is 0 Å². The van der Waals surface area contributed by atoms with Crippen molar-refractivity contribution in [3.8, 4) is 17.2 Å². The van der Waals surface area contributed by atoms with E-state index in [1.807, 2.05) is 11.4 Å². The molecule has 4 heterocycles. The van der Waals surface area contributed by atoms with E-state index in [4.69, 9.17) is 18.9 Å². The van der Waals surface area contributed by atoms with Gasteiger partial charge >= 0.3 is 0 Å². The number of carbonyl (C=O) groups excluding carboxylic acids is 2. The second-order valence-electron chi connectivity index (χ2n) is 9.81. The molecule has 0 spiro atoms. The van der Waals surface area contributed by atoms with Crippen molar-refractivity contribution in [2.24, 2.45) is 0 Å². The van der Waals surface area contributed by atoms with E-state index in [1.165, 1.54) is 17.0 Å². The summed E-state index contributed by atoms with van der Waals surface area (Å²) in [5, 5.41) is 2.02. The van der Waals surface area contributed by atoms with Gasteiger partial charge < -0.3 is 28.7 Å². The third kappa shape index (κ3) is 5.58. The minimum Gasteiger partial charge on any atom is -0.491 e. The van der Waals surface area contributed by atoms with E-state index in [0.29, 0.717) is 42.5 Å². The highest BCUT2D eigenvalue weighted by Gasteiger charge is 2.35. The second-order valence-corrected chi connectivity index (χ2v) is 10.8. The van der Waals surface area contributed by atoms with Gasteiger partial charge in [0, 0.05) is 30.1 Å². The number of amides is 2. The molecule has 1 aromatic heterocycles. The van der Waals surface area contributed by atoms with Crippen LogP contribution in [-0.2, 0) is 16.0 Å². The zero-order chi connectivity index (χ0) is 26.8. The molecule has 3 aliphatic rings. The number of thiophene rings is 1. The van der Waals surface area contributed by atoms with Gasteiger partial charge in [-0.25, -0.2) is 4.39 Å². The monoisotopic (exact) mass is 552 g/mol. The van der Waals surface area contributed by atoms with E-state index in [1.54, 1.807) is 51.5 Å². The third-order valence-corrected chi connectivity index (χ3v) is 8.31. The molecular weight excluding hydrogens is 523 g/mol. The minimum absolute atomic E-state index is 0.0837. The highest BCUT2D eigenvalue weighted by Crippen LogP contribution is 2.35. The molecule has 0 N–H and O–H groups in total. The summed E-state index contributed by atoms with van der Waals surface area (Å²) in [5.74, 6) is 0.885. The number of hydrogen-bond acceptors (Lipinski definition) is 7. The Hall–Kier alpha value is -3.63. The van der Waals surface area contributed by atoms with Gasteiger partial charge in [0.15, 0.2) is 11.5 Å². The maximum Gasteiger partial charge on any atom is 0.254 e. The van der Waals surface area contributed by atoms with Crippen LogP contribution in [0.2, 0.25) is 0 Å². The SMILES string of the molecule is O=C(c1ccc2c(c1)OCO2)N(CC(=O)N1CCc2sccc2[C@@H]1COc1ccc(F)cc1)C[C@H]1CCCO1. The largest absolute Gasteiger partial charge is 0.491 e. The van der Waals surface area contributed by atoms with Gasteiger partial charge in [0.25, 0.3) is 5.91 Å². The summed E-state index contributed by atoms with van der Waals surface area (Å²) < 4.78 is 36.0. The lowest BCUT2D eigenvalue weighted by Gasteiger charge is -2.37. The van der Waals surface area contributed by atoms with Crippen molar-refractivity contribution in [1.82, 2.24) is 9.80 Å². The highest BCUT2D eigenvalue weighted by atomic mass is 32.1. The van der Waals surface area contributed by atoms with E-state index in [-0.39, 0.29) is 49.7 Å². The second kappa shape index (κ2) is 11.2. The number of rotatable bonds is 8. The average molecular weight is 553 g/mol. The van der Waals surface area contributed by atoms with Crippen molar-refractivity contribution >= 4 is 23.2 Å². The quantitative estimate of drug-likeness (QED) is 0.411. The predicted molar refractivity (Wildman–Crippen MR) is 142 cm³/mol. The number of ether oxygens (including phenoxy) is 4. The van der Waals surface area contributed by atoms with E-state index >= 15 is 0 Å². The highest BCUT2D eigenvalue weighted by molar-refractivity contribution is 7.10. The number of fused-ring (bicyclic) bond motifs is 2. The Morgan fingerprint density at radius 2 is 1.95 bits per heavy atom. The van der Waals surface area contributed by atoms with Crippen LogP contribution in [0.4, 0.5) is 4.39 Å². The summed E-state index contributed by atoms with van der Waals surface area (Å²) in [6.45, 7) is 1.76. The fraction of sp³-hybridized carbons (Fsp3) is 0.379. The molecule has 1 saturated heterocycles. The normalized spacial score (nSPS) is 19.6. The average Bonchev–Trinajstić information content (AvgIpc) is 3.73. The Morgan fingerprint density at radius 1 is 1.10 bits per heavy atom. The van der Waals surface area contributed by atoms with Crippen LogP contribution in [0.5, 0.6) is 17.2 Å². The molecule has 0 saturated carbocycles. The molecule has 6 rings (SSSR count). The molecule has 0 unspecified atom stereocenters. The molecule has 2 atom stereocenters. The summed E-state index contributed by atoms with van der Waals surface area (Å²) in [6, 6.07) is 12.6. The van der Waals surface area contributed by atoms with E-state index in [2.05, 4.69) is 0 Å². The topological polar surface area (TPSA) is 77.5 Å². The first-order valence-electron chi connectivity index (χ1n) is 13.1. The molecule has 8 nitrogen and oxygen atoms in total. The Kier molecular flexibility index (Phi) is 7.38. The first kappa shape index (κ1) is 25.6. The lowest BCUT2D eigenvalue weighted by atomic mass is 10.00. The fourth-order valence-corrected chi connectivity index (χ4v) is 6.23. The van der Waals surface area contributed by atoms with Gasteiger partial charge in [-0.2, -0.15) is 0 Å². The van der Waals surface area contributed by atoms with Crippen molar-refractivity contribution in [3.63, 3.8) is 0 Å². The number of halogens is 1. The van der Waals surface area contributed by atoms with Crippen molar-refractivity contribution in [2.75, 3.05) is 39.6 Å². The molecule has 0 aliphatic carbocycles. The summed E-state index contributed by atoms with van der Waals surface area (Å²) in [4.78, 5) is 32.1. The molecule has 2 aromatic carbocycles. The van der Waals surface area contributed by atoms with Crippen molar-refractivity contribution in [1.29, 1.82) is 0 Å². The van der Waals surface area contributed by atoms with E-state index in [9.17, 15) is 14.0 Å². The molecule has 3 aliphatic heterocycles. The maximum absolute atomic E-state index is 13.8. The van der Waals surface area contributed by atoms with Crippen LogP contribution in [-0.4, -0.2) is 67.4 Å². The van der Waals surface area contributed by atoms with Crippen LogP contribution in [0.25, 0.3) is 0 Å². The van der Waals surface area contributed by atoms with Crippen molar-refractivity contribution < 1.29 is 32.9 Å². The fourth-order valence-electron chi connectivity index (χ4n) is 5.30. The first-order chi connectivity index (χ1) is 19.0. The number of nitrogens with zero attached hydrogens (tertiary/aromatic N) is 2. The van der Waals surface area contributed by atoms with Crippen LogP contribution >= 0.6 is 11.3 Å². The molecule has 10 heteroatoms. The van der Waals surface area contributed by atoms with Gasteiger partial charge in [-0.3, -0.25) is 9.59 Å². The minimum atomic E-state index is -0.338. The van der Waals surface area contributed by atoms with E-state index in [0.717, 1.165) is 24.8 Å². The molecule has 0 radical (unpaired) electrons. The number of benzene rings is 2. The molecule has 1 fully saturated rings. The summed E-state index contributed by atoms with van der Waals surface area (Å²) in [6.07, 6.45) is 2.40. The standard InChI is InChI=1S/C29H29FN2O6S/c30-20-4-6-21(7-5-20)36-17-24-23-10-13-39-27(23)9-11-32(24)28(33)16-31(15-22-2-1-12-35-22)29(34)19-3-8-25-26(14-19)38-18-37-25/h3-8,10,13-14,22,24H,1-2,9,11-12,15-18H2/t22-,24+/m1/s1. The van der Waals surface area contributed by atoms with Crippen LogP contribution < -0.4 is 14.2 Å². The lowest BCUT2D eigenvalue weighted by Crippen LogP contribution is -2.49. The van der Waals surface area contributed by atoms with Crippen molar-refractivity contribution in [3.05, 3.63) is 75.7 Å². The Labute approximate surface area is 229 Å². The third-order valence-electron chi connectivity index (χ3n) is 7.32. The Morgan fingerprint density at radius 3 is 2.77 bits per heavy atom. The van der Waals surface area contributed by atoms with Crippen LogP contribution in [0, 0.1) is 5.82 Å².